The Morgan fingerprint density at radius 3 is 2.54 bits per heavy atom. The summed E-state index contributed by atoms with van der Waals surface area (Å²) in [5.74, 6) is 0.255. The van der Waals surface area contributed by atoms with Crippen LogP contribution in [0.5, 0.6) is 0 Å². The van der Waals surface area contributed by atoms with Gasteiger partial charge in [0.25, 0.3) is 0 Å². The van der Waals surface area contributed by atoms with Crippen LogP contribution in [0.2, 0.25) is 0 Å². The number of para-hydroxylation sites is 1. The van der Waals surface area contributed by atoms with Gasteiger partial charge in [-0.1, -0.05) is 18.2 Å². The molecule has 1 N–H and O–H groups in total. The zero-order chi connectivity index (χ0) is 16.9. The van der Waals surface area contributed by atoms with Crippen LogP contribution in [0.15, 0.2) is 65.7 Å². The molecule has 0 saturated heterocycles. The molecule has 0 spiro atoms. The van der Waals surface area contributed by atoms with Crippen molar-refractivity contribution in [3.8, 4) is 0 Å². The fourth-order valence-electron chi connectivity index (χ4n) is 2.36. The monoisotopic (exact) mass is 336 g/mol. The predicted molar refractivity (Wildman–Crippen MR) is 97.5 cm³/mol. The summed E-state index contributed by atoms with van der Waals surface area (Å²) in [5.41, 5.74) is 2.23. The highest BCUT2D eigenvalue weighted by Crippen LogP contribution is 2.26. The number of nitrogens with zero attached hydrogens (tertiary/aromatic N) is 1. The molecule has 4 nitrogen and oxygen atoms in total. The van der Waals surface area contributed by atoms with Gasteiger partial charge < -0.3 is 5.32 Å². The van der Waals surface area contributed by atoms with Crippen molar-refractivity contribution in [2.24, 2.45) is 0 Å². The van der Waals surface area contributed by atoms with E-state index in [9.17, 15) is 9.59 Å². The summed E-state index contributed by atoms with van der Waals surface area (Å²) >= 11 is 1.49. The SMILES string of the molecule is CC(=O)Nc1ccc(C(=O)CSc2cccc3cccnc23)cc1. The van der Waals surface area contributed by atoms with E-state index in [1.165, 1.54) is 18.7 Å². The van der Waals surface area contributed by atoms with Gasteiger partial charge in [-0.15, -0.1) is 11.8 Å². The molecule has 1 amide bonds. The van der Waals surface area contributed by atoms with Crippen LogP contribution in [-0.4, -0.2) is 22.4 Å². The fraction of sp³-hybridized carbons (Fsp3) is 0.105. The van der Waals surface area contributed by atoms with Crippen molar-refractivity contribution in [1.82, 2.24) is 4.98 Å². The Morgan fingerprint density at radius 2 is 1.79 bits per heavy atom. The number of thioether (sulfide) groups is 1. The van der Waals surface area contributed by atoms with Gasteiger partial charge in [-0.25, -0.2) is 0 Å². The highest BCUT2D eigenvalue weighted by Gasteiger charge is 2.09. The number of carbonyl (C=O) groups excluding carboxylic acids is 2. The normalized spacial score (nSPS) is 10.5. The first-order valence-corrected chi connectivity index (χ1v) is 8.49. The molecule has 0 fully saturated rings. The third-order valence-electron chi connectivity index (χ3n) is 3.48. The number of pyridine rings is 1. The van der Waals surface area contributed by atoms with Crippen LogP contribution < -0.4 is 5.32 Å². The predicted octanol–water partition coefficient (Wildman–Crippen LogP) is 4.17. The minimum absolute atomic E-state index is 0.0438. The maximum Gasteiger partial charge on any atom is 0.221 e. The molecule has 3 rings (SSSR count). The second kappa shape index (κ2) is 7.27. The molecule has 0 aliphatic carbocycles. The topological polar surface area (TPSA) is 59.1 Å². The lowest BCUT2D eigenvalue weighted by Gasteiger charge is -2.06. The van der Waals surface area contributed by atoms with Crippen LogP contribution in [0.1, 0.15) is 17.3 Å². The first-order chi connectivity index (χ1) is 11.6. The first-order valence-electron chi connectivity index (χ1n) is 7.51. The van der Waals surface area contributed by atoms with Crippen LogP contribution in [0.3, 0.4) is 0 Å². The molecule has 5 heteroatoms. The Hall–Kier alpha value is -2.66. The van der Waals surface area contributed by atoms with E-state index in [1.54, 1.807) is 30.5 Å². The van der Waals surface area contributed by atoms with Crippen LogP contribution in [0.25, 0.3) is 10.9 Å². The minimum Gasteiger partial charge on any atom is -0.326 e. The average molecular weight is 336 g/mol. The number of benzene rings is 2. The number of Topliss-reactive ketones (excluding diaryl/α,β-unsaturated/α-hetero) is 1. The highest BCUT2D eigenvalue weighted by molar-refractivity contribution is 8.00. The molecule has 0 saturated carbocycles. The molecule has 120 valence electrons. The second-order valence-corrected chi connectivity index (χ2v) is 6.32. The molecule has 3 aromatic rings. The largest absolute Gasteiger partial charge is 0.326 e. The molecule has 1 aromatic heterocycles. The number of amides is 1. The number of aromatic nitrogens is 1. The van der Waals surface area contributed by atoms with Gasteiger partial charge in [-0.05, 0) is 36.4 Å². The molecule has 0 aliphatic rings. The van der Waals surface area contributed by atoms with E-state index in [-0.39, 0.29) is 11.7 Å². The van der Waals surface area contributed by atoms with Gasteiger partial charge >= 0.3 is 0 Å². The van der Waals surface area contributed by atoms with Crippen molar-refractivity contribution in [2.45, 2.75) is 11.8 Å². The van der Waals surface area contributed by atoms with E-state index in [1.807, 2.05) is 30.3 Å². The molecule has 0 radical (unpaired) electrons. The standard InChI is InChI=1S/C19H16N2O2S/c1-13(22)21-16-9-7-14(8-10-16)17(23)12-24-18-6-2-4-15-5-3-11-20-19(15)18/h2-11H,12H2,1H3,(H,21,22). The van der Waals surface area contributed by atoms with Gasteiger partial charge in [0.05, 0.1) is 11.3 Å². The quantitative estimate of drug-likeness (QED) is 0.561. The van der Waals surface area contributed by atoms with E-state index in [4.69, 9.17) is 0 Å². The zero-order valence-corrected chi connectivity index (χ0v) is 14.0. The van der Waals surface area contributed by atoms with Crippen molar-refractivity contribution in [3.63, 3.8) is 0 Å². The summed E-state index contributed by atoms with van der Waals surface area (Å²) < 4.78 is 0. The maximum atomic E-state index is 12.4. The van der Waals surface area contributed by atoms with Crippen LogP contribution in [0.4, 0.5) is 5.69 Å². The summed E-state index contributed by atoms with van der Waals surface area (Å²) in [5, 5.41) is 3.75. The van der Waals surface area contributed by atoms with E-state index in [2.05, 4.69) is 10.3 Å². The summed E-state index contributed by atoms with van der Waals surface area (Å²) in [6.45, 7) is 1.45. The van der Waals surface area contributed by atoms with Gasteiger partial charge in [-0.3, -0.25) is 14.6 Å². The molecule has 0 atom stereocenters. The molecule has 0 aliphatic heterocycles. The molecule has 2 aromatic carbocycles. The first kappa shape index (κ1) is 16.2. The Balaban J connectivity index is 1.69. The summed E-state index contributed by atoms with van der Waals surface area (Å²) in [4.78, 5) is 28.8. The minimum atomic E-state index is -0.131. The molecule has 24 heavy (non-hydrogen) atoms. The number of nitrogens with one attached hydrogen (secondary N) is 1. The van der Waals surface area contributed by atoms with Gasteiger partial charge in [-0.2, -0.15) is 0 Å². The molecule has 1 heterocycles. The summed E-state index contributed by atoms with van der Waals surface area (Å²) in [7, 11) is 0. The van der Waals surface area contributed by atoms with Crippen molar-refractivity contribution in [1.29, 1.82) is 0 Å². The Labute approximate surface area is 144 Å². The fourth-order valence-corrected chi connectivity index (χ4v) is 3.30. The van der Waals surface area contributed by atoms with Gasteiger partial charge in [0.2, 0.25) is 5.91 Å². The van der Waals surface area contributed by atoms with Crippen molar-refractivity contribution < 1.29 is 9.59 Å². The number of rotatable bonds is 5. The Bertz CT molecular complexity index is 886. The highest BCUT2D eigenvalue weighted by atomic mass is 32.2. The number of fused-ring (bicyclic) bond motifs is 1. The molecule has 0 unspecified atom stereocenters. The van der Waals surface area contributed by atoms with Crippen molar-refractivity contribution >= 4 is 40.0 Å². The summed E-state index contributed by atoms with van der Waals surface area (Å²) in [6, 6.07) is 16.8. The zero-order valence-electron chi connectivity index (χ0n) is 13.2. The molecular formula is C19H16N2O2S. The molecular weight excluding hydrogens is 320 g/mol. The lowest BCUT2D eigenvalue weighted by atomic mass is 10.1. The third kappa shape index (κ3) is 3.81. The van der Waals surface area contributed by atoms with E-state index in [0.717, 1.165) is 15.8 Å². The number of carbonyl (C=O) groups is 2. The van der Waals surface area contributed by atoms with E-state index >= 15 is 0 Å². The Kier molecular flexibility index (Phi) is 4.91. The van der Waals surface area contributed by atoms with E-state index < -0.39 is 0 Å². The lowest BCUT2D eigenvalue weighted by molar-refractivity contribution is -0.114. The lowest BCUT2D eigenvalue weighted by Crippen LogP contribution is -2.07. The molecule has 0 bridgehead atoms. The van der Waals surface area contributed by atoms with Gasteiger partial charge in [0.1, 0.15) is 0 Å². The Morgan fingerprint density at radius 1 is 1.04 bits per heavy atom. The number of anilines is 1. The van der Waals surface area contributed by atoms with Gasteiger partial charge in [0, 0.05) is 34.7 Å². The number of hydrogen-bond acceptors (Lipinski definition) is 4. The second-order valence-electron chi connectivity index (χ2n) is 5.30. The van der Waals surface area contributed by atoms with Crippen LogP contribution >= 0.6 is 11.8 Å². The third-order valence-corrected chi connectivity index (χ3v) is 4.53. The van der Waals surface area contributed by atoms with Gasteiger partial charge in [0.15, 0.2) is 5.78 Å². The van der Waals surface area contributed by atoms with Crippen LogP contribution in [-0.2, 0) is 4.79 Å². The van der Waals surface area contributed by atoms with Crippen molar-refractivity contribution in [3.05, 3.63) is 66.4 Å². The summed E-state index contributed by atoms with van der Waals surface area (Å²) in [6.07, 6.45) is 1.76. The maximum absolute atomic E-state index is 12.4. The number of ketones is 1. The number of hydrogen-bond donors (Lipinski definition) is 1. The smallest absolute Gasteiger partial charge is 0.221 e. The van der Waals surface area contributed by atoms with E-state index in [0.29, 0.717) is 17.0 Å². The average Bonchev–Trinajstić information content (AvgIpc) is 2.59. The van der Waals surface area contributed by atoms with Crippen molar-refractivity contribution in [2.75, 3.05) is 11.1 Å². The van der Waals surface area contributed by atoms with Crippen LogP contribution in [0, 0.1) is 0 Å².